The highest BCUT2D eigenvalue weighted by Crippen LogP contribution is 2.43. The highest BCUT2D eigenvalue weighted by Gasteiger charge is 2.53. The second kappa shape index (κ2) is 12.3. The molecule has 1 saturated heterocycles. The van der Waals surface area contributed by atoms with Crippen LogP contribution in [-0.4, -0.2) is 66.3 Å². The number of nitrogens with one attached hydrogen (secondary N) is 1. The number of phenols is 1. The summed E-state index contributed by atoms with van der Waals surface area (Å²) in [5.41, 5.74) is 1.29. The van der Waals surface area contributed by atoms with Crippen molar-refractivity contribution in [3.8, 4) is 23.0 Å². The second-order valence-corrected chi connectivity index (χ2v) is 9.53. The van der Waals surface area contributed by atoms with Crippen molar-refractivity contribution in [1.82, 2.24) is 0 Å². The number of hydrogen-bond acceptors (Lipinski definition) is 13. The first kappa shape index (κ1) is 29.5. The van der Waals surface area contributed by atoms with Gasteiger partial charge in [0.1, 0.15) is 30.0 Å². The molecule has 0 saturated carbocycles. The first-order chi connectivity index (χ1) is 19.4. The lowest BCUT2D eigenvalue weighted by Gasteiger charge is -2.43. The number of benzene rings is 2. The fraction of sp³-hybridized carbons (Fsp3) is 0.429. The number of carbonyl (C=O) groups is 4. The molecule has 2 N–H and O–H groups in total. The van der Waals surface area contributed by atoms with Crippen LogP contribution in [0.15, 0.2) is 36.4 Å². The fourth-order valence-electron chi connectivity index (χ4n) is 4.60. The molecule has 0 amide bonds. The molecule has 0 bridgehead atoms. The first-order valence-electron chi connectivity index (χ1n) is 12.8. The zero-order chi connectivity index (χ0) is 29.8. The largest absolute Gasteiger partial charge is 0.508 e. The molecule has 2 aromatic rings. The third kappa shape index (κ3) is 7.17. The minimum atomic E-state index is -1.38. The zero-order valence-corrected chi connectivity index (χ0v) is 23.1. The molecule has 0 aromatic heterocycles. The maximum Gasteiger partial charge on any atom is 0.303 e. The van der Waals surface area contributed by atoms with Gasteiger partial charge in [0.25, 0.3) is 0 Å². The van der Waals surface area contributed by atoms with Gasteiger partial charge in [0.15, 0.2) is 18.0 Å². The monoisotopic (exact) mass is 573 g/mol. The number of rotatable bonds is 7. The molecule has 220 valence electrons. The Bertz CT molecular complexity index is 1330. The van der Waals surface area contributed by atoms with Gasteiger partial charge in [0.05, 0.1) is 11.7 Å². The van der Waals surface area contributed by atoms with E-state index in [0.717, 1.165) is 20.8 Å². The van der Waals surface area contributed by atoms with E-state index in [4.69, 9.17) is 33.2 Å². The molecular formula is C28H31NO12. The molecule has 2 aliphatic rings. The Kier molecular flexibility index (Phi) is 8.86. The lowest BCUT2D eigenvalue weighted by molar-refractivity contribution is -0.288. The molecule has 1 unspecified atom stereocenters. The summed E-state index contributed by atoms with van der Waals surface area (Å²) in [6.07, 6.45) is -6.54. The van der Waals surface area contributed by atoms with Crippen LogP contribution in [0.3, 0.4) is 0 Å². The Morgan fingerprint density at radius 3 is 2.12 bits per heavy atom. The molecule has 0 aliphatic carbocycles. The van der Waals surface area contributed by atoms with Crippen LogP contribution in [0.25, 0.3) is 0 Å². The molecular weight excluding hydrogens is 542 g/mol. The second-order valence-electron chi connectivity index (χ2n) is 9.53. The van der Waals surface area contributed by atoms with Gasteiger partial charge in [-0.2, -0.15) is 0 Å². The average Bonchev–Trinajstić information content (AvgIpc) is 3.01. The summed E-state index contributed by atoms with van der Waals surface area (Å²) in [6.45, 7) is 6.14. The minimum absolute atomic E-state index is 0.0747. The van der Waals surface area contributed by atoms with Crippen molar-refractivity contribution in [3.05, 3.63) is 42.0 Å². The number of esters is 4. The normalized spacial score (nSPS) is 24.6. The van der Waals surface area contributed by atoms with Crippen LogP contribution in [0.5, 0.6) is 23.0 Å². The smallest absolute Gasteiger partial charge is 0.303 e. The maximum atomic E-state index is 12.1. The van der Waals surface area contributed by atoms with E-state index < -0.39 is 54.6 Å². The van der Waals surface area contributed by atoms with Crippen LogP contribution in [0.4, 0.5) is 5.69 Å². The van der Waals surface area contributed by atoms with Gasteiger partial charge in [-0.05, 0) is 37.3 Å². The van der Waals surface area contributed by atoms with Gasteiger partial charge in [-0.3, -0.25) is 19.2 Å². The number of phenolic OH excluding ortho intramolecular Hbond substituents is 1. The van der Waals surface area contributed by atoms with Gasteiger partial charge >= 0.3 is 23.9 Å². The Labute approximate surface area is 235 Å². The van der Waals surface area contributed by atoms with Crippen molar-refractivity contribution < 1.29 is 57.4 Å². The standard InChI is InChI=1S/C28H31NO12/c1-13-20-11-19(7-9-22(20)40-23-8-6-18(34)10-21(23)29-13)39-28-27(38-17(5)33)26(37-16(4)32)25(36-15(3)31)24(41-28)12-35-14(2)30/h6-11,13,24-29,34H,12H2,1-5H3/t13?,24-,25+,26+,27-,28-/m1/s1. The van der Waals surface area contributed by atoms with Gasteiger partial charge in [-0.15, -0.1) is 0 Å². The summed E-state index contributed by atoms with van der Waals surface area (Å²) in [5, 5.41) is 13.2. The average molecular weight is 574 g/mol. The van der Waals surface area contributed by atoms with Crippen molar-refractivity contribution in [2.45, 2.75) is 71.4 Å². The van der Waals surface area contributed by atoms with Crippen molar-refractivity contribution in [2.75, 3.05) is 11.9 Å². The topological polar surface area (TPSA) is 165 Å². The SMILES string of the molecule is CC(=O)OC[C@H]1O[C@@H](Oc2ccc3c(c2)C(C)Nc2cc(O)ccc2O3)[C@H](OC(C)=O)[C@@H](OC(C)=O)[C@H]1OC(C)=O. The quantitative estimate of drug-likeness (QED) is 0.367. The van der Waals surface area contributed by atoms with E-state index in [-0.39, 0.29) is 24.1 Å². The molecule has 41 heavy (non-hydrogen) atoms. The van der Waals surface area contributed by atoms with E-state index in [9.17, 15) is 24.3 Å². The molecule has 1 fully saturated rings. The van der Waals surface area contributed by atoms with Crippen molar-refractivity contribution >= 4 is 29.6 Å². The molecule has 2 aliphatic heterocycles. The molecule has 0 spiro atoms. The number of hydrogen-bond donors (Lipinski definition) is 2. The van der Waals surface area contributed by atoms with E-state index in [0.29, 0.717) is 22.7 Å². The van der Waals surface area contributed by atoms with E-state index >= 15 is 0 Å². The lowest BCUT2D eigenvalue weighted by Crippen LogP contribution is -2.63. The van der Waals surface area contributed by atoms with E-state index in [2.05, 4.69) is 5.32 Å². The predicted octanol–water partition coefficient (Wildman–Crippen LogP) is 3.13. The van der Waals surface area contributed by atoms with Crippen LogP contribution >= 0.6 is 0 Å². The Morgan fingerprint density at radius 2 is 1.46 bits per heavy atom. The summed E-state index contributed by atoms with van der Waals surface area (Å²) < 4.78 is 39.6. The molecule has 2 aromatic carbocycles. The summed E-state index contributed by atoms with van der Waals surface area (Å²) in [4.78, 5) is 47.6. The van der Waals surface area contributed by atoms with Crippen LogP contribution in [0.2, 0.25) is 0 Å². The van der Waals surface area contributed by atoms with E-state index in [1.807, 2.05) is 6.92 Å². The summed E-state index contributed by atoms with van der Waals surface area (Å²) in [5.74, 6) is -1.44. The van der Waals surface area contributed by atoms with Crippen LogP contribution in [0.1, 0.15) is 46.2 Å². The van der Waals surface area contributed by atoms with Crippen LogP contribution in [0, 0.1) is 0 Å². The lowest BCUT2D eigenvalue weighted by atomic mass is 9.98. The molecule has 6 atom stereocenters. The number of ether oxygens (including phenoxy) is 7. The summed E-state index contributed by atoms with van der Waals surface area (Å²) in [6, 6.07) is 9.38. The molecule has 13 heteroatoms. The van der Waals surface area contributed by atoms with Crippen molar-refractivity contribution in [1.29, 1.82) is 0 Å². The molecule has 0 radical (unpaired) electrons. The summed E-state index contributed by atoms with van der Waals surface area (Å²) in [7, 11) is 0. The Morgan fingerprint density at radius 1 is 0.829 bits per heavy atom. The highest BCUT2D eigenvalue weighted by atomic mass is 16.7. The van der Waals surface area contributed by atoms with Gasteiger partial charge in [0.2, 0.25) is 12.4 Å². The minimum Gasteiger partial charge on any atom is -0.508 e. The third-order valence-corrected chi connectivity index (χ3v) is 6.20. The van der Waals surface area contributed by atoms with Crippen LogP contribution < -0.4 is 14.8 Å². The molecule has 13 nitrogen and oxygen atoms in total. The fourth-order valence-corrected chi connectivity index (χ4v) is 4.60. The molecule has 2 heterocycles. The summed E-state index contributed by atoms with van der Waals surface area (Å²) >= 11 is 0. The van der Waals surface area contributed by atoms with E-state index in [1.165, 1.54) is 13.0 Å². The number of fused-ring (bicyclic) bond motifs is 2. The van der Waals surface area contributed by atoms with Gasteiger partial charge < -0.3 is 43.6 Å². The highest BCUT2D eigenvalue weighted by molar-refractivity contribution is 5.69. The Balaban J connectivity index is 1.67. The third-order valence-electron chi connectivity index (χ3n) is 6.20. The zero-order valence-electron chi connectivity index (χ0n) is 23.1. The van der Waals surface area contributed by atoms with E-state index in [1.54, 1.807) is 30.3 Å². The number of aromatic hydroxyl groups is 1. The van der Waals surface area contributed by atoms with Crippen molar-refractivity contribution in [2.24, 2.45) is 0 Å². The van der Waals surface area contributed by atoms with Gasteiger partial charge in [0, 0.05) is 39.3 Å². The van der Waals surface area contributed by atoms with Crippen molar-refractivity contribution in [3.63, 3.8) is 0 Å². The predicted molar refractivity (Wildman–Crippen MR) is 139 cm³/mol. The maximum absolute atomic E-state index is 12.1. The molecule has 4 rings (SSSR count). The van der Waals surface area contributed by atoms with Gasteiger partial charge in [-0.25, -0.2) is 0 Å². The number of anilines is 1. The van der Waals surface area contributed by atoms with Crippen LogP contribution in [-0.2, 0) is 42.9 Å². The van der Waals surface area contributed by atoms with Gasteiger partial charge in [-0.1, -0.05) is 0 Å². The first-order valence-corrected chi connectivity index (χ1v) is 12.8. The Hall–Kier alpha value is -4.52. The number of carbonyl (C=O) groups excluding carboxylic acids is 4.